The molecule has 1 aromatic carbocycles. The highest BCUT2D eigenvalue weighted by Gasteiger charge is 2.48. The molecular formula is C21H20ClF2N5O6. The standard InChI is InChI=1S/C21H20ClF2N5O6/c22-10-3-13-20(29-21(27-13)35-15-6-34-17-14(30)5-33-18(15)17)28-19(10)26-4-9-11(23)1-8(2-12(9)24)32-7-16(25)31/h1-3,14-15,17-18,30H,4-7H2,(H2,25,31)(H2,26,27,28,29)/t14-,15-,17-,18-/m1/s1. The third-order valence-electron chi connectivity index (χ3n) is 5.58. The number of amides is 1. The van der Waals surface area contributed by atoms with Crippen molar-refractivity contribution in [3.63, 3.8) is 0 Å². The van der Waals surface area contributed by atoms with Crippen molar-refractivity contribution in [3.05, 3.63) is 40.4 Å². The number of benzene rings is 1. The average Bonchev–Trinajstić information content (AvgIpc) is 3.48. The molecule has 2 fully saturated rings. The normalized spacial score (nSPS) is 23.4. The predicted molar refractivity (Wildman–Crippen MR) is 117 cm³/mol. The summed E-state index contributed by atoms with van der Waals surface area (Å²) in [7, 11) is 0. The van der Waals surface area contributed by atoms with Crippen molar-refractivity contribution in [3.8, 4) is 11.8 Å². The lowest BCUT2D eigenvalue weighted by Crippen LogP contribution is -2.34. The molecule has 4 heterocycles. The first-order valence-electron chi connectivity index (χ1n) is 10.6. The zero-order valence-corrected chi connectivity index (χ0v) is 18.7. The Morgan fingerprint density at radius 1 is 1.23 bits per heavy atom. The second kappa shape index (κ2) is 9.41. The monoisotopic (exact) mass is 511 g/mol. The zero-order chi connectivity index (χ0) is 24.7. The van der Waals surface area contributed by atoms with Crippen LogP contribution in [0.3, 0.4) is 0 Å². The third-order valence-corrected chi connectivity index (χ3v) is 5.87. The van der Waals surface area contributed by atoms with Crippen LogP contribution in [0.25, 0.3) is 11.2 Å². The van der Waals surface area contributed by atoms with E-state index in [4.69, 9.17) is 36.3 Å². The number of fused-ring (bicyclic) bond motifs is 2. The quantitative estimate of drug-likeness (QED) is 0.350. The van der Waals surface area contributed by atoms with Crippen LogP contribution < -0.4 is 20.5 Å². The van der Waals surface area contributed by atoms with E-state index in [1.165, 1.54) is 0 Å². The Bertz CT molecular complexity index is 1250. The van der Waals surface area contributed by atoms with Gasteiger partial charge in [0.25, 0.3) is 11.9 Å². The van der Waals surface area contributed by atoms with Gasteiger partial charge in [-0.25, -0.2) is 13.8 Å². The van der Waals surface area contributed by atoms with Crippen LogP contribution in [0.1, 0.15) is 5.56 Å². The molecule has 5 rings (SSSR count). The summed E-state index contributed by atoms with van der Waals surface area (Å²) in [6.07, 6.45) is -2.03. The maximum Gasteiger partial charge on any atom is 0.296 e. The van der Waals surface area contributed by atoms with Gasteiger partial charge < -0.3 is 40.1 Å². The fourth-order valence-electron chi connectivity index (χ4n) is 3.92. The molecule has 0 aliphatic carbocycles. The molecule has 2 aliphatic heterocycles. The van der Waals surface area contributed by atoms with Crippen molar-refractivity contribution < 1.29 is 37.6 Å². The van der Waals surface area contributed by atoms with Gasteiger partial charge in [0.1, 0.15) is 41.5 Å². The summed E-state index contributed by atoms with van der Waals surface area (Å²) in [5, 5.41) is 12.8. The maximum atomic E-state index is 14.4. The molecule has 2 aliphatic rings. The van der Waals surface area contributed by atoms with Gasteiger partial charge in [-0.2, -0.15) is 4.98 Å². The van der Waals surface area contributed by atoms with E-state index in [0.717, 1.165) is 12.1 Å². The molecule has 5 N–H and O–H groups in total. The van der Waals surface area contributed by atoms with Crippen LogP contribution in [0.4, 0.5) is 14.6 Å². The molecule has 2 aromatic heterocycles. The van der Waals surface area contributed by atoms with Crippen molar-refractivity contribution >= 4 is 34.5 Å². The van der Waals surface area contributed by atoms with Crippen molar-refractivity contribution in [2.45, 2.75) is 31.0 Å². The van der Waals surface area contributed by atoms with E-state index < -0.39 is 48.6 Å². The number of pyridine rings is 1. The van der Waals surface area contributed by atoms with Crippen LogP contribution in [-0.2, 0) is 20.8 Å². The van der Waals surface area contributed by atoms with Crippen LogP contribution in [0.5, 0.6) is 11.8 Å². The predicted octanol–water partition coefficient (Wildman–Crippen LogP) is 1.27. The number of anilines is 1. The van der Waals surface area contributed by atoms with Gasteiger partial charge in [-0.3, -0.25) is 4.79 Å². The number of imidazole rings is 1. The van der Waals surface area contributed by atoms with Gasteiger partial charge >= 0.3 is 0 Å². The fourth-order valence-corrected chi connectivity index (χ4v) is 4.14. The first kappa shape index (κ1) is 23.5. The first-order chi connectivity index (χ1) is 16.8. The summed E-state index contributed by atoms with van der Waals surface area (Å²) >= 11 is 6.28. The van der Waals surface area contributed by atoms with E-state index in [9.17, 15) is 18.7 Å². The van der Waals surface area contributed by atoms with E-state index in [0.29, 0.717) is 5.52 Å². The second-order valence-electron chi connectivity index (χ2n) is 8.03. The van der Waals surface area contributed by atoms with E-state index in [1.807, 2.05) is 0 Å². The number of carbonyl (C=O) groups excluding carboxylic acids is 1. The van der Waals surface area contributed by atoms with Crippen LogP contribution in [0, 0.1) is 11.6 Å². The van der Waals surface area contributed by atoms with E-state index >= 15 is 0 Å². The molecule has 0 spiro atoms. The van der Waals surface area contributed by atoms with Crippen molar-refractivity contribution in [2.24, 2.45) is 5.73 Å². The third kappa shape index (κ3) is 4.80. The molecule has 14 heteroatoms. The van der Waals surface area contributed by atoms with E-state index in [1.54, 1.807) is 6.07 Å². The van der Waals surface area contributed by atoms with Crippen molar-refractivity contribution in [2.75, 3.05) is 25.1 Å². The summed E-state index contributed by atoms with van der Waals surface area (Å²) in [4.78, 5) is 22.3. The lowest BCUT2D eigenvalue weighted by Gasteiger charge is -2.15. The lowest BCUT2D eigenvalue weighted by atomic mass is 10.1. The van der Waals surface area contributed by atoms with Gasteiger partial charge in [-0.05, 0) is 6.07 Å². The summed E-state index contributed by atoms with van der Waals surface area (Å²) in [6, 6.07) is 3.60. The molecule has 2 saturated heterocycles. The molecule has 0 bridgehead atoms. The SMILES string of the molecule is NC(=O)COc1cc(F)c(CNc2nc3nc(O[C@@H]4CO[C@H]5[C@@H]4OC[C@H]5O)[nH]c3cc2Cl)c(F)c1. The molecule has 186 valence electrons. The number of nitrogens with two attached hydrogens (primary N) is 1. The number of nitrogens with one attached hydrogen (secondary N) is 2. The summed E-state index contributed by atoms with van der Waals surface area (Å²) in [5.74, 6) is -2.56. The number of halogens is 3. The molecule has 1 amide bonds. The average molecular weight is 512 g/mol. The summed E-state index contributed by atoms with van der Waals surface area (Å²) in [6.45, 7) is -0.378. The molecule has 11 nitrogen and oxygen atoms in total. The highest BCUT2D eigenvalue weighted by Crippen LogP contribution is 2.31. The van der Waals surface area contributed by atoms with Crippen LogP contribution in [0.15, 0.2) is 18.2 Å². The lowest BCUT2D eigenvalue weighted by molar-refractivity contribution is -0.119. The minimum Gasteiger partial charge on any atom is -0.484 e. The molecule has 4 atom stereocenters. The molecule has 3 aromatic rings. The van der Waals surface area contributed by atoms with Gasteiger partial charge in [0, 0.05) is 24.2 Å². The summed E-state index contributed by atoms with van der Waals surface area (Å²) in [5.41, 5.74) is 5.41. The van der Waals surface area contributed by atoms with Crippen LogP contribution in [-0.4, -0.2) is 70.2 Å². The largest absolute Gasteiger partial charge is 0.484 e. The number of aromatic nitrogens is 3. The highest BCUT2D eigenvalue weighted by molar-refractivity contribution is 6.33. The Hall–Kier alpha value is -3.26. The Morgan fingerprint density at radius 2 is 1.97 bits per heavy atom. The number of aliphatic hydroxyl groups excluding tert-OH is 1. The second-order valence-corrected chi connectivity index (χ2v) is 8.43. The number of primary amides is 1. The Morgan fingerprint density at radius 3 is 2.71 bits per heavy atom. The van der Waals surface area contributed by atoms with Gasteiger partial charge in [0.15, 0.2) is 18.4 Å². The number of rotatable bonds is 8. The number of hydrogen-bond acceptors (Lipinski definition) is 9. The highest BCUT2D eigenvalue weighted by atomic mass is 35.5. The molecular weight excluding hydrogens is 492 g/mol. The maximum absolute atomic E-state index is 14.4. The number of hydrogen-bond donors (Lipinski definition) is 4. The van der Waals surface area contributed by atoms with Gasteiger partial charge in [-0.15, -0.1) is 0 Å². The topological polar surface area (TPSA) is 154 Å². The number of aromatic amines is 1. The molecule has 0 unspecified atom stereocenters. The number of aliphatic hydroxyl groups is 1. The number of carbonyl (C=O) groups is 1. The Balaban J connectivity index is 1.28. The fraction of sp³-hybridized carbons (Fsp3) is 0.381. The van der Waals surface area contributed by atoms with Crippen molar-refractivity contribution in [1.29, 1.82) is 0 Å². The Kier molecular flexibility index (Phi) is 6.32. The Labute approximate surface area is 201 Å². The van der Waals surface area contributed by atoms with E-state index in [2.05, 4.69) is 20.3 Å². The van der Waals surface area contributed by atoms with E-state index in [-0.39, 0.29) is 53.6 Å². The molecule has 0 radical (unpaired) electrons. The zero-order valence-electron chi connectivity index (χ0n) is 18.0. The number of ether oxygens (including phenoxy) is 4. The first-order valence-corrected chi connectivity index (χ1v) is 10.9. The number of H-pyrrole nitrogens is 1. The minimum absolute atomic E-state index is 0.150. The van der Waals surface area contributed by atoms with Gasteiger partial charge in [0.2, 0.25) is 0 Å². The van der Waals surface area contributed by atoms with Gasteiger partial charge in [0.05, 0.1) is 23.8 Å². The minimum atomic E-state index is -0.888. The molecule has 0 saturated carbocycles. The summed E-state index contributed by atoms with van der Waals surface area (Å²) < 4.78 is 50.6. The van der Waals surface area contributed by atoms with Crippen LogP contribution in [0.2, 0.25) is 5.02 Å². The van der Waals surface area contributed by atoms with Crippen LogP contribution >= 0.6 is 11.6 Å². The smallest absolute Gasteiger partial charge is 0.296 e. The number of nitrogens with zero attached hydrogens (tertiary/aromatic N) is 2. The van der Waals surface area contributed by atoms with Crippen molar-refractivity contribution in [1.82, 2.24) is 15.0 Å². The van der Waals surface area contributed by atoms with Gasteiger partial charge in [-0.1, -0.05) is 11.6 Å². The molecule has 35 heavy (non-hydrogen) atoms.